The van der Waals surface area contributed by atoms with Crippen LogP contribution in [0.25, 0.3) is 10.9 Å². The molecule has 3 amide bonds. The molecular formula is C35H41N5O2. The SMILES string of the molecule is CN(C)CC1Cc2ccccc2N(C(=O)[C@@H](Cc2c[nH]c3ccccc23)NC(=O)N2CCC(c3ccccc3)CC2)C1. The van der Waals surface area contributed by atoms with Gasteiger partial charge in [0.2, 0.25) is 5.91 Å². The molecule has 0 radical (unpaired) electrons. The van der Waals surface area contributed by atoms with Crippen molar-refractivity contribution in [2.24, 2.45) is 5.92 Å². The van der Waals surface area contributed by atoms with E-state index < -0.39 is 6.04 Å². The maximum absolute atomic E-state index is 14.5. The van der Waals surface area contributed by atoms with Crippen LogP contribution in [0.15, 0.2) is 85.1 Å². The number of para-hydroxylation sites is 2. The molecule has 0 bridgehead atoms. The van der Waals surface area contributed by atoms with E-state index in [0.29, 0.717) is 37.9 Å². The number of urea groups is 1. The van der Waals surface area contributed by atoms with Crippen LogP contribution in [-0.4, -0.2) is 73.0 Å². The molecule has 3 aromatic carbocycles. The van der Waals surface area contributed by atoms with Crippen LogP contribution in [0.1, 0.15) is 35.4 Å². The molecule has 2 aliphatic rings. The van der Waals surface area contributed by atoms with Gasteiger partial charge in [0.15, 0.2) is 0 Å². The Labute approximate surface area is 248 Å². The van der Waals surface area contributed by atoms with Gasteiger partial charge in [0.05, 0.1) is 0 Å². The third-order valence-corrected chi connectivity index (χ3v) is 8.87. The molecule has 1 fully saturated rings. The molecule has 7 nitrogen and oxygen atoms in total. The highest BCUT2D eigenvalue weighted by Crippen LogP contribution is 2.32. The van der Waals surface area contributed by atoms with E-state index in [1.54, 1.807) is 0 Å². The third-order valence-electron chi connectivity index (χ3n) is 8.87. The number of rotatable bonds is 7. The highest BCUT2D eigenvalue weighted by atomic mass is 16.2. The minimum Gasteiger partial charge on any atom is -0.361 e. The van der Waals surface area contributed by atoms with Gasteiger partial charge in [-0.2, -0.15) is 0 Å². The van der Waals surface area contributed by atoms with E-state index >= 15 is 0 Å². The van der Waals surface area contributed by atoms with Crippen LogP contribution in [0.2, 0.25) is 0 Å². The van der Waals surface area contributed by atoms with Crippen LogP contribution in [0.3, 0.4) is 0 Å². The first-order valence-electron chi connectivity index (χ1n) is 15.2. The van der Waals surface area contributed by atoms with Crippen molar-refractivity contribution < 1.29 is 9.59 Å². The number of carbonyl (C=O) groups is 2. The number of aromatic nitrogens is 1. The maximum Gasteiger partial charge on any atom is 0.318 e. The fourth-order valence-corrected chi connectivity index (χ4v) is 6.82. The van der Waals surface area contributed by atoms with Gasteiger partial charge in [0.25, 0.3) is 0 Å². The van der Waals surface area contributed by atoms with Gasteiger partial charge in [0, 0.05) is 55.4 Å². The Hall–Kier alpha value is -4.10. The lowest BCUT2D eigenvalue weighted by molar-refractivity contribution is -0.120. The van der Waals surface area contributed by atoms with Crippen LogP contribution in [0, 0.1) is 5.92 Å². The number of amides is 3. The van der Waals surface area contributed by atoms with Gasteiger partial charge in [-0.1, -0.05) is 66.7 Å². The second-order valence-electron chi connectivity index (χ2n) is 12.1. The summed E-state index contributed by atoms with van der Waals surface area (Å²) in [7, 11) is 4.15. The first kappa shape index (κ1) is 28.0. The van der Waals surface area contributed by atoms with Gasteiger partial charge in [-0.3, -0.25) is 4.79 Å². The highest BCUT2D eigenvalue weighted by molar-refractivity contribution is 6.00. The third kappa shape index (κ3) is 6.07. The number of nitrogens with one attached hydrogen (secondary N) is 2. The molecular weight excluding hydrogens is 522 g/mol. The lowest BCUT2D eigenvalue weighted by Gasteiger charge is -2.38. The quantitative estimate of drug-likeness (QED) is 0.315. The number of carbonyl (C=O) groups excluding carboxylic acids is 2. The molecule has 6 rings (SSSR count). The number of hydrogen-bond donors (Lipinski definition) is 2. The normalized spacial score (nSPS) is 18.2. The number of likely N-dealkylation sites (tertiary alicyclic amines) is 1. The Morgan fingerprint density at radius 1 is 0.952 bits per heavy atom. The molecule has 42 heavy (non-hydrogen) atoms. The summed E-state index contributed by atoms with van der Waals surface area (Å²) >= 11 is 0. The molecule has 3 heterocycles. The minimum absolute atomic E-state index is 0.0521. The Balaban J connectivity index is 1.24. The zero-order valence-corrected chi connectivity index (χ0v) is 24.6. The molecule has 4 aromatic rings. The maximum atomic E-state index is 14.5. The van der Waals surface area contributed by atoms with Crippen molar-refractivity contribution in [3.05, 3.63) is 102 Å². The zero-order valence-electron chi connectivity index (χ0n) is 24.6. The number of H-pyrrole nitrogens is 1. The van der Waals surface area contributed by atoms with Crippen LogP contribution in [0.5, 0.6) is 0 Å². The summed E-state index contributed by atoms with van der Waals surface area (Å²) < 4.78 is 0. The zero-order chi connectivity index (χ0) is 29.1. The summed E-state index contributed by atoms with van der Waals surface area (Å²) in [4.78, 5) is 37.5. The minimum atomic E-state index is -0.685. The monoisotopic (exact) mass is 563 g/mol. The first-order valence-corrected chi connectivity index (χ1v) is 15.2. The topological polar surface area (TPSA) is 71.7 Å². The number of fused-ring (bicyclic) bond motifs is 2. The van der Waals surface area contributed by atoms with Gasteiger partial charge in [-0.15, -0.1) is 0 Å². The fourth-order valence-electron chi connectivity index (χ4n) is 6.82. The Kier molecular flexibility index (Phi) is 8.29. The van der Waals surface area contributed by atoms with Crippen molar-refractivity contribution in [1.29, 1.82) is 0 Å². The number of anilines is 1. The predicted octanol–water partition coefficient (Wildman–Crippen LogP) is 5.44. The second kappa shape index (κ2) is 12.4. The van der Waals surface area contributed by atoms with Crippen molar-refractivity contribution in [3.63, 3.8) is 0 Å². The van der Waals surface area contributed by atoms with E-state index in [1.807, 2.05) is 58.5 Å². The van der Waals surface area contributed by atoms with Crippen LogP contribution in [0.4, 0.5) is 10.5 Å². The average molecular weight is 564 g/mol. The van der Waals surface area contributed by atoms with Crippen molar-refractivity contribution in [1.82, 2.24) is 20.1 Å². The van der Waals surface area contributed by atoms with Crippen molar-refractivity contribution in [2.45, 2.75) is 37.6 Å². The van der Waals surface area contributed by atoms with Crippen molar-refractivity contribution >= 4 is 28.5 Å². The van der Waals surface area contributed by atoms with Gasteiger partial charge in [0.1, 0.15) is 6.04 Å². The number of hydrogen-bond acceptors (Lipinski definition) is 3. The van der Waals surface area contributed by atoms with Crippen molar-refractivity contribution in [3.8, 4) is 0 Å². The standard InChI is InChI=1S/C35H41N5O2/c1-38(2)23-25-20-28-12-6-9-15-33(28)40(24-25)34(41)32(21-29-22-36-31-14-8-7-13-30(29)31)37-35(42)39-18-16-27(17-19-39)26-10-4-3-5-11-26/h3-15,22,25,27,32,36H,16-21,23-24H2,1-2H3,(H,37,42)/t25?,32-/m1/s1. The largest absolute Gasteiger partial charge is 0.361 e. The lowest BCUT2D eigenvalue weighted by Crippen LogP contribution is -2.56. The Morgan fingerprint density at radius 2 is 1.67 bits per heavy atom. The fraction of sp³-hybridized carbons (Fsp3) is 0.371. The number of piperidine rings is 1. The summed E-state index contributed by atoms with van der Waals surface area (Å²) in [6, 6.07) is 26.0. The summed E-state index contributed by atoms with van der Waals surface area (Å²) in [5.41, 5.74) is 5.54. The van der Waals surface area contributed by atoms with E-state index in [-0.39, 0.29) is 11.9 Å². The van der Waals surface area contributed by atoms with Crippen molar-refractivity contribution in [2.75, 3.05) is 45.2 Å². The van der Waals surface area contributed by atoms with E-state index in [0.717, 1.165) is 48.0 Å². The molecule has 1 aromatic heterocycles. The van der Waals surface area contributed by atoms with E-state index in [2.05, 4.69) is 65.7 Å². The summed E-state index contributed by atoms with van der Waals surface area (Å²) in [5.74, 6) is 0.724. The predicted molar refractivity (Wildman–Crippen MR) is 169 cm³/mol. The Bertz CT molecular complexity index is 1520. The smallest absolute Gasteiger partial charge is 0.318 e. The van der Waals surface area contributed by atoms with Gasteiger partial charge in [-0.05, 0) is 74.0 Å². The number of nitrogens with zero attached hydrogens (tertiary/aromatic N) is 3. The first-order chi connectivity index (χ1) is 20.5. The summed E-state index contributed by atoms with van der Waals surface area (Å²) in [5, 5.41) is 4.28. The van der Waals surface area contributed by atoms with Crippen LogP contribution >= 0.6 is 0 Å². The molecule has 2 aliphatic heterocycles. The molecule has 0 aliphatic carbocycles. The molecule has 2 N–H and O–H groups in total. The van der Waals surface area contributed by atoms with Crippen LogP contribution < -0.4 is 10.2 Å². The second-order valence-corrected chi connectivity index (χ2v) is 12.1. The molecule has 7 heteroatoms. The molecule has 1 unspecified atom stereocenters. The molecule has 0 spiro atoms. The lowest BCUT2D eigenvalue weighted by atomic mass is 9.89. The molecule has 2 atom stereocenters. The number of benzene rings is 3. The summed E-state index contributed by atoms with van der Waals surface area (Å²) in [6.45, 7) is 2.89. The average Bonchev–Trinajstić information content (AvgIpc) is 3.43. The molecule has 1 saturated heterocycles. The summed E-state index contributed by atoms with van der Waals surface area (Å²) in [6.07, 6.45) is 5.18. The van der Waals surface area contributed by atoms with Crippen LogP contribution in [-0.2, 0) is 17.6 Å². The highest BCUT2D eigenvalue weighted by Gasteiger charge is 2.35. The van der Waals surface area contributed by atoms with E-state index in [9.17, 15) is 9.59 Å². The Morgan fingerprint density at radius 3 is 2.45 bits per heavy atom. The van der Waals surface area contributed by atoms with Gasteiger partial charge in [-0.25, -0.2) is 4.79 Å². The van der Waals surface area contributed by atoms with E-state index in [4.69, 9.17) is 0 Å². The van der Waals surface area contributed by atoms with Gasteiger partial charge >= 0.3 is 6.03 Å². The molecule has 218 valence electrons. The van der Waals surface area contributed by atoms with E-state index in [1.165, 1.54) is 11.1 Å². The van der Waals surface area contributed by atoms with Gasteiger partial charge < -0.3 is 25.0 Å². The number of aromatic amines is 1. The molecule has 0 saturated carbocycles.